The van der Waals surface area contributed by atoms with Crippen LogP contribution in [0.5, 0.6) is 5.75 Å². The number of hydrogen-bond acceptors (Lipinski definition) is 4. The van der Waals surface area contributed by atoms with Crippen LogP contribution in [0.15, 0.2) is 60.9 Å². The minimum Gasteiger partial charge on any atom is -0.507 e. The lowest BCUT2D eigenvalue weighted by molar-refractivity contribution is -0.118. The number of amides is 1. The van der Waals surface area contributed by atoms with Crippen molar-refractivity contribution < 1.29 is 14.7 Å². The lowest BCUT2D eigenvalue weighted by Crippen LogP contribution is -2.27. The third-order valence-electron chi connectivity index (χ3n) is 5.57. The number of hydrogen-bond donors (Lipinski definition) is 1. The Morgan fingerprint density at radius 3 is 2.73 bits per heavy atom. The molecule has 0 fully saturated rings. The molecule has 0 spiro atoms. The van der Waals surface area contributed by atoms with Gasteiger partial charge in [-0.15, -0.1) is 0 Å². The Labute approximate surface area is 176 Å². The summed E-state index contributed by atoms with van der Waals surface area (Å²) in [4.78, 5) is 30.5. The average Bonchev–Trinajstić information content (AvgIpc) is 3.20. The van der Waals surface area contributed by atoms with Gasteiger partial charge in [0.25, 0.3) is 0 Å². The third kappa shape index (κ3) is 3.96. The summed E-state index contributed by atoms with van der Waals surface area (Å²) < 4.78 is 0. The molecule has 5 heteroatoms. The van der Waals surface area contributed by atoms with E-state index in [9.17, 15) is 14.7 Å². The molecule has 5 nitrogen and oxygen atoms in total. The molecule has 0 unspecified atom stereocenters. The van der Waals surface area contributed by atoms with Crippen molar-refractivity contribution in [3.63, 3.8) is 0 Å². The third-order valence-corrected chi connectivity index (χ3v) is 5.57. The fraction of sp³-hybridized carbons (Fsp3) is 0.240. The van der Waals surface area contributed by atoms with Gasteiger partial charge in [0.2, 0.25) is 5.91 Å². The summed E-state index contributed by atoms with van der Waals surface area (Å²) in [5.41, 5.74) is 5.13. The molecule has 1 aromatic heterocycles. The van der Waals surface area contributed by atoms with E-state index in [1.54, 1.807) is 30.6 Å². The molecule has 0 aliphatic carbocycles. The molecule has 0 saturated carbocycles. The van der Waals surface area contributed by atoms with Gasteiger partial charge in [0.1, 0.15) is 5.75 Å². The minimum atomic E-state index is -0.0108. The lowest BCUT2D eigenvalue weighted by atomic mass is 9.97. The first-order valence-corrected chi connectivity index (χ1v) is 10.3. The zero-order chi connectivity index (χ0) is 21.1. The monoisotopic (exact) mass is 400 g/mol. The smallest absolute Gasteiger partial charge is 0.226 e. The number of phenols is 1. The predicted octanol–water partition coefficient (Wildman–Crippen LogP) is 4.57. The zero-order valence-corrected chi connectivity index (χ0v) is 17.0. The topological polar surface area (TPSA) is 70.5 Å². The molecule has 0 bridgehead atoms. The van der Waals surface area contributed by atoms with E-state index in [1.807, 2.05) is 42.2 Å². The van der Waals surface area contributed by atoms with Crippen molar-refractivity contribution in [1.29, 1.82) is 0 Å². The van der Waals surface area contributed by atoms with Gasteiger partial charge in [-0.25, -0.2) is 0 Å². The van der Waals surface area contributed by atoms with Crippen molar-refractivity contribution in [2.75, 3.05) is 11.4 Å². The summed E-state index contributed by atoms with van der Waals surface area (Å²) in [5.74, 6) is 0.198. The molecule has 0 atom stereocenters. The summed E-state index contributed by atoms with van der Waals surface area (Å²) in [6, 6.07) is 14.8. The van der Waals surface area contributed by atoms with E-state index in [2.05, 4.69) is 4.98 Å². The van der Waals surface area contributed by atoms with Crippen molar-refractivity contribution in [3.8, 4) is 16.9 Å². The van der Waals surface area contributed by atoms with E-state index in [-0.39, 0.29) is 17.4 Å². The number of carbonyl (C=O) groups is 2. The number of fused-ring (bicyclic) bond motifs is 1. The molecule has 30 heavy (non-hydrogen) atoms. The summed E-state index contributed by atoms with van der Waals surface area (Å²) in [6.07, 6.45) is 5.74. The summed E-state index contributed by atoms with van der Waals surface area (Å²) >= 11 is 0. The van der Waals surface area contributed by atoms with Gasteiger partial charge in [-0.05, 0) is 59.9 Å². The largest absolute Gasteiger partial charge is 0.507 e. The molecular weight excluding hydrogens is 376 g/mol. The number of nitrogens with zero attached hydrogens (tertiary/aromatic N) is 2. The van der Waals surface area contributed by atoms with Crippen LogP contribution in [-0.4, -0.2) is 28.3 Å². The Balaban J connectivity index is 1.51. The maximum atomic E-state index is 12.5. The van der Waals surface area contributed by atoms with Gasteiger partial charge in [0.15, 0.2) is 5.78 Å². The molecular formula is C25H24N2O3. The van der Waals surface area contributed by atoms with Crippen LogP contribution in [0.3, 0.4) is 0 Å². The molecule has 1 amide bonds. The number of aryl methyl sites for hydroxylation is 1. The van der Waals surface area contributed by atoms with Gasteiger partial charge in [-0.3, -0.25) is 14.6 Å². The van der Waals surface area contributed by atoms with Crippen LogP contribution in [0.2, 0.25) is 0 Å². The van der Waals surface area contributed by atoms with Crippen LogP contribution < -0.4 is 4.90 Å². The molecule has 1 N–H and O–H groups in total. The Hall–Kier alpha value is -3.47. The first-order valence-electron chi connectivity index (χ1n) is 10.3. The molecule has 0 saturated heterocycles. The van der Waals surface area contributed by atoms with E-state index >= 15 is 0 Å². The van der Waals surface area contributed by atoms with Crippen molar-refractivity contribution in [2.24, 2.45) is 0 Å². The summed E-state index contributed by atoms with van der Waals surface area (Å²) in [6.45, 7) is 2.56. The minimum absolute atomic E-state index is 0.0108. The van der Waals surface area contributed by atoms with Crippen LogP contribution in [-0.2, 0) is 17.6 Å². The second-order valence-electron chi connectivity index (χ2n) is 7.51. The van der Waals surface area contributed by atoms with Gasteiger partial charge in [-0.1, -0.05) is 25.1 Å². The number of carbonyl (C=O) groups excluding carboxylic acids is 2. The molecule has 4 rings (SSSR count). The SMILES string of the molecule is CCC(=O)N1CCc2cc(-c3ccc(C(=O)CCc4cccnc4)cc3O)ccc21. The highest BCUT2D eigenvalue weighted by molar-refractivity contribution is 5.98. The molecule has 1 aliphatic rings. The van der Waals surface area contributed by atoms with E-state index in [0.717, 1.165) is 28.8 Å². The highest BCUT2D eigenvalue weighted by Gasteiger charge is 2.24. The lowest BCUT2D eigenvalue weighted by Gasteiger charge is -2.16. The van der Waals surface area contributed by atoms with Crippen LogP contribution in [0.4, 0.5) is 5.69 Å². The maximum absolute atomic E-state index is 12.5. The predicted molar refractivity (Wildman–Crippen MR) is 117 cm³/mol. The van der Waals surface area contributed by atoms with Crippen molar-refractivity contribution in [3.05, 3.63) is 77.6 Å². The molecule has 2 aromatic carbocycles. The highest BCUT2D eigenvalue weighted by Crippen LogP contribution is 2.36. The standard InChI is InChI=1S/C25H24N2O3/c1-2-25(30)27-13-11-19-14-18(7-9-22(19)27)21-8-6-20(15-24(21)29)23(28)10-5-17-4-3-12-26-16-17/h3-4,6-9,12,14-16,29H,2,5,10-11,13H2,1H3. The second-order valence-corrected chi connectivity index (χ2v) is 7.51. The zero-order valence-electron chi connectivity index (χ0n) is 17.0. The van der Waals surface area contributed by atoms with E-state index in [0.29, 0.717) is 36.9 Å². The van der Waals surface area contributed by atoms with Gasteiger partial charge in [-0.2, -0.15) is 0 Å². The maximum Gasteiger partial charge on any atom is 0.226 e. The number of ketones is 1. The van der Waals surface area contributed by atoms with Crippen molar-refractivity contribution >= 4 is 17.4 Å². The van der Waals surface area contributed by atoms with Crippen LogP contribution in [0.25, 0.3) is 11.1 Å². The van der Waals surface area contributed by atoms with Crippen molar-refractivity contribution in [1.82, 2.24) is 4.98 Å². The van der Waals surface area contributed by atoms with Crippen LogP contribution in [0, 0.1) is 0 Å². The van der Waals surface area contributed by atoms with Gasteiger partial charge < -0.3 is 10.0 Å². The quantitative estimate of drug-likeness (QED) is 0.616. The Kier molecular flexibility index (Phi) is 5.61. The highest BCUT2D eigenvalue weighted by atomic mass is 16.3. The van der Waals surface area contributed by atoms with Gasteiger partial charge >= 0.3 is 0 Å². The normalized spacial score (nSPS) is 12.6. The summed E-state index contributed by atoms with van der Waals surface area (Å²) in [5, 5.41) is 10.6. The molecule has 0 radical (unpaired) electrons. The molecule has 3 aromatic rings. The second kappa shape index (κ2) is 8.49. The number of pyridine rings is 1. The summed E-state index contributed by atoms with van der Waals surface area (Å²) in [7, 11) is 0. The Bertz CT molecular complexity index is 1090. The number of Topliss-reactive ketones (excluding diaryl/α,β-unsaturated/α-hetero) is 1. The number of aromatic nitrogens is 1. The Morgan fingerprint density at radius 2 is 2.00 bits per heavy atom. The fourth-order valence-corrected chi connectivity index (χ4v) is 3.92. The van der Waals surface area contributed by atoms with Crippen molar-refractivity contribution in [2.45, 2.75) is 32.6 Å². The number of aromatic hydroxyl groups is 1. The molecule has 152 valence electrons. The Morgan fingerprint density at radius 1 is 1.13 bits per heavy atom. The average molecular weight is 400 g/mol. The number of anilines is 1. The molecule has 2 heterocycles. The van der Waals surface area contributed by atoms with Crippen LogP contribution >= 0.6 is 0 Å². The number of rotatable bonds is 6. The van der Waals surface area contributed by atoms with Gasteiger partial charge in [0, 0.05) is 48.6 Å². The van der Waals surface area contributed by atoms with Gasteiger partial charge in [0.05, 0.1) is 0 Å². The fourth-order valence-electron chi connectivity index (χ4n) is 3.92. The van der Waals surface area contributed by atoms with Crippen LogP contribution in [0.1, 0.15) is 41.3 Å². The first kappa shape index (κ1) is 19.8. The number of benzene rings is 2. The number of phenolic OH excluding ortho intramolecular Hbond substituents is 1. The van der Waals surface area contributed by atoms with E-state index in [4.69, 9.17) is 0 Å². The molecule has 1 aliphatic heterocycles. The first-order chi connectivity index (χ1) is 14.6. The van der Waals surface area contributed by atoms with E-state index < -0.39 is 0 Å². The van der Waals surface area contributed by atoms with E-state index in [1.165, 1.54) is 0 Å².